The van der Waals surface area contributed by atoms with Gasteiger partial charge in [0.15, 0.2) is 0 Å². The van der Waals surface area contributed by atoms with Gasteiger partial charge in [0.25, 0.3) is 0 Å². The van der Waals surface area contributed by atoms with Gasteiger partial charge in [-0.15, -0.1) is 0 Å². The molecule has 0 amide bonds. The van der Waals surface area contributed by atoms with Gasteiger partial charge < -0.3 is 14.2 Å². The average molecular weight is 314 g/mol. The fourth-order valence-electron chi connectivity index (χ4n) is 1.82. The molecule has 0 unspecified atom stereocenters. The zero-order valence-corrected chi connectivity index (χ0v) is 12.9. The molecule has 0 heterocycles. The van der Waals surface area contributed by atoms with Crippen molar-refractivity contribution < 1.29 is 23.8 Å². The molecule has 0 atom stereocenters. The highest BCUT2D eigenvalue weighted by Crippen LogP contribution is 2.15. The van der Waals surface area contributed by atoms with Crippen LogP contribution in [0.4, 0.5) is 0 Å². The van der Waals surface area contributed by atoms with Crippen molar-refractivity contribution >= 4 is 11.9 Å². The van der Waals surface area contributed by atoms with Crippen LogP contribution in [0.2, 0.25) is 0 Å². The van der Waals surface area contributed by atoms with Gasteiger partial charge in [-0.2, -0.15) is 0 Å². The van der Waals surface area contributed by atoms with E-state index in [4.69, 9.17) is 14.2 Å². The van der Waals surface area contributed by atoms with Crippen molar-refractivity contribution in [1.82, 2.24) is 0 Å². The number of carbonyl (C=O) groups is 2. The van der Waals surface area contributed by atoms with Gasteiger partial charge in [0.1, 0.15) is 12.4 Å². The Morgan fingerprint density at radius 1 is 0.826 bits per heavy atom. The number of hydrogen-bond acceptors (Lipinski definition) is 5. The highest BCUT2D eigenvalue weighted by Gasteiger charge is 2.10. The second-order valence-corrected chi connectivity index (χ2v) is 4.61. The third-order valence-electron chi connectivity index (χ3n) is 2.98. The molecule has 0 radical (unpaired) electrons. The zero-order valence-electron chi connectivity index (χ0n) is 12.9. The molecule has 0 fully saturated rings. The van der Waals surface area contributed by atoms with Gasteiger partial charge in [0.2, 0.25) is 0 Å². The lowest BCUT2D eigenvalue weighted by atomic mass is 10.2. The van der Waals surface area contributed by atoms with E-state index in [-0.39, 0.29) is 6.61 Å². The highest BCUT2D eigenvalue weighted by molar-refractivity contribution is 5.91. The van der Waals surface area contributed by atoms with Crippen LogP contribution in [-0.2, 0) is 9.47 Å². The van der Waals surface area contributed by atoms with Crippen molar-refractivity contribution in [2.45, 2.75) is 6.92 Å². The topological polar surface area (TPSA) is 61.8 Å². The lowest BCUT2D eigenvalue weighted by Gasteiger charge is -2.07. The molecule has 0 saturated heterocycles. The minimum absolute atomic E-state index is 0.206. The van der Waals surface area contributed by atoms with Crippen LogP contribution in [-0.4, -0.2) is 31.8 Å². The largest absolute Gasteiger partial charge is 0.460 e. The van der Waals surface area contributed by atoms with Crippen molar-refractivity contribution in [3.8, 4) is 5.75 Å². The summed E-state index contributed by atoms with van der Waals surface area (Å²) in [4.78, 5) is 23.7. The summed E-state index contributed by atoms with van der Waals surface area (Å²) in [6, 6.07) is 14.9. The Bertz CT molecular complexity index is 634. The molecular weight excluding hydrogens is 296 g/mol. The Hall–Kier alpha value is -2.66. The Morgan fingerprint density at radius 3 is 2.13 bits per heavy atom. The summed E-state index contributed by atoms with van der Waals surface area (Å²) in [5.41, 5.74) is 0.855. The highest BCUT2D eigenvalue weighted by atomic mass is 16.6. The standard InChI is InChI=1S/C18H18O5/c1-2-21-12-13-22-17(19)15-8-10-16(11-9-15)23-18(20)14-6-4-3-5-7-14/h3-11H,2,12-13H2,1H3. The Balaban J connectivity index is 1.89. The van der Waals surface area contributed by atoms with E-state index in [1.54, 1.807) is 48.5 Å². The van der Waals surface area contributed by atoms with Crippen molar-refractivity contribution in [2.75, 3.05) is 19.8 Å². The molecule has 23 heavy (non-hydrogen) atoms. The van der Waals surface area contributed by atoms with E-state index in [0.717, 1.165) is 0 Å². The van der Waals surface area contributed by atoms with Crippen molar-refractivity contribution in [3.05, 3.63) is 65.7 Å². The number of benzene rings is 2. The third-order valence-corrected chi connectivity index (χ3v) is 2.98. The van der Waals surface area contributed by atoms with Crippen LogP contribution in [0.1, 0.15) is 27.6 Å². The summed E-state index contributed by atoms with van der Waals surface area (Å²) in [6.07, 6.45) is 0. The first-order valence-electron chi connectivity index (χ1n) is 7.33. The molecule has 5 nitrogen and oxygen atoms in total. The molecule has 0 aliphatic heterocycles. The molecule has 0 bridgehead atoms. The summed E-state index contributed by atoms with van der Waals surface area (Å²) < 4.78 is 15.4. The van der Waals surface area contributed by atoms with E-state index in [1.165, 1.54) is 0 Å². The molecule has 0 aromatic heterocycles. The number of rotatable bonds is 7. The van der Waals surface area contributed by atoms with Gasteiger partial charge in [-0.25, -0.2) is 9.59 Å². The zero-order chi connectivity index (χ0) is 16.5. The molecule has 0 N–H and O–H groups in total. The summed E-state index contributed by atoms with van der Waals surface area (Å²) in [5.74, 6) is -0.520. The van der Waals surface area contributed by atoms with E-state index in [1.807, 2.05) is 13.0 Å². The van der Waals surface area contributed by atoms with E-state index < -0.39 is 11.9 Å². The normalized spacial score (nSPS) is 10.1. The van der Waals surface area contributed by atoms with Gasteiger partial charge in [0.05, 0.1) is 17.7 Å². The molecule has 0 aliphatic carbocycles. The molecular formula is C18H18O5. The monoisotopic (exact) mass is 314 g/mol. The summed E-state index contributed by atoms with van der Waals surface area (Å²) in [5, 5.41) is 0. The van der Waals surface area contributed by atoms with Crippen LogP contribution >= 0.6 is 0 Å². The Morgan fingerprint density at radius 2 is 1.48 bits per heavy atom. The second kappa shape index (κ2) is 8.70. The van der Waals surface area contributed by atoms with Crippen molar-refractivity contribution in [1.29, 1.82) is 0 Å². The van der Waals surface area contributed by atoms with Gasteiger partial charge in [-0.05, 0) is 43.3 Å². The van der Waals surface area contributed by atoms with Crippen LogP contribution in [0.15, 0.2) is 54.6 Å². The molecule has 0 aliphatic rings. The molecule has 0 spiro atoms. The second-order valence-electron chi connectivity index (χ2n) is 4.61. The van der Waals surface area contributed by atoms with Crippen molar-refractivity contribution in [3.63, 3.8) is 0 Å². The van der Waals surface area contributed by atoms with Crippen LogP contribution in [0.5, 0.6) is 5.75 Å². The van der Waals surface area contributed by atoms with Crippen LogP contribution in [0, 0.1) is 0 Å². The number of ether oxygens (including phenoxy) is 3. The van der Waals surface area contributed by atoms with Gasteiger partial charge in [0, 0.05) is 6.61 Å². The summed E-state index contributed by atoms with van der Waals surface area (Å²) in [7, 11) is 0. The van der Waals surface area contributed by atoms with Gasteiger partial charge >= 0.3 is 11.9 Å². The first-order valence-corrected chi connectivity index (χ1v) is 7.33. The van der Waals surface area contributed by atoms with E-state index in [0.29, 0.717) is 30.1 Å². The predicted molar refractivity (Wildman–Crippen MR) is 84.6 cm³/mol. The van der Waals surface area contributed by atoms with Gasteiger partial charge in [-0.1, -0.05) is 18.2 Å². The Kier molecular flexibility index (Phi) is 6.32. The van der Waals surface area contributed by atoms with Gasteiger partial charge in [-0.3, -0.25) is 0 Å². The molecule has 5 heteroatoms. The smallest absolute Gasteiger partial charge is 0.343 e. The Labute approximate surface area is 134 Å². The number of carbonyl (C=O) groups excluding carboxylic acids is 2. The average Bonchev–Trinajstić information content (AvgIpc) is 2.60. The maximum Gasteiger partial charge on any atom is 0.343 e. The lowest BCUT2D eigenvalue weighted by molar-refractivity contribution is 0.0335. The van der Waals surface area contributed by atoms with Crippen LogP contribution < -0.4 is 4.74 Å². The number of hydrogen-bond donors (Lipinski definition) is 0. The number of esters is 2. The quantitative estimate of drug-likeness (QED) is 0.446. The maximum atomic E-state index is 11.9. The molecule has 120 valence electrons. The fraction of sp³-hybridized carbons (Fsp3) is 0.222. The van der Waals surface area contributed by atoms with Crippen LogP contribution in [0.25, 0.3) is 0 Å². The van der Waals surface area contributed by atoms with Crippen LogP contribution in [0.3, 0.4) is 0 Å². The predicted octanol–water partition coefficient (Wildman–Crippen LogP) is 3.10. The maximum absolute atomic E-state index is 11.9. The molecule has 0 saturated carbocycles. The third kappa shape index (κ3) is 5.23. The van der Waals surface area contributed by atoms with Crippen molar-refractivity contribution in [2.24, 2.45) is 0 Å². The minimum atomic E-state index is -0.447. The summed E-state index contributed by atoms with van der Waals surface area (Å²) >= 11 is 0. The van der Waals surface area contributed by atoms with E-state index >= 15 is 0 Å². The molecule has 2 rings (SSSR count). The SMILES string of the molecule is CCOCCOC(=O)c1ccc(OC(=O)c2ccccc2)cc1. The van der Waals surface area contributed by atoms with E-state index in [2.05, 4.69) is 0 Å². The molecule has 2 aromatic carbocycles. The first kappa shape index (κ1) is 16.7. The lowest BCUT2D eigenvalue weighted by Crippen LogP contribution is -2.11. The molecule has 2 aromatic rings. The minimum Gasteiger partial charge on any atom is -0.460 e. The summed E-state index contributed by atoms with van der Waals surface area (Å²) in [6.45, 7) is 3.03. The fourth-order valence-corrected chi connectivity index (χ4v) is 1.82. The van der Waals surface area contributed by atoms with E-state index in [9.17, 15) is 9.59 Å². The first-order chi connectivity index (χ1) is 11.2.